The van der Waals surface area contributed by atoms with Crippen molar-refractivity contribution in [3.63, 3.8) is 0 Å². The summed E-state index contributed by atoms with van der Waals surface area (Å²) >= 11 is 0. The van der Waals surface area contributed by atoms with Crippen LogP contribution in [0, 0.1) is 5.92 Å². The Morgan fingerprint density at radius 3 is 2.67 bits per heavy atom. The highest BCUT2D eigenvalue weighted by Gasteiger charge is 2.62. The van der Waals surface area contributed by atoms with Crippen molar-refractivity contribution in [2.45, 2.75) is 30.9 Å². The molecule has 1 aromatic rings. The second-order valence-electron chi connectivity index (χ2n) is 7.51. The van der Waals surface area contributed by atoms with Gasteiger partial charge in [0.15, 0.2) is 17.3 Å². The zero-order chi connectivity index (χ0) is 19.5. The molecule has 144 valence electrons. The summed E-state index contributed by atoms with van der Waals surface area (Å²) in [5, 5.41) is 10.7. The second-order valence-corrected chi connectivity index (χ2v) is 7.51. The molecule has 2 bridgehead atoms. The largest absolute Gasteiger partial charge is 0.499 e. The number of aliphatic hydroxyl groups is 1. The Bertz CT molecular complexity index is 862. The van der Waals surface area contributed by atoms with Crippen LogP contribution in [-0.4, -0.2) is 61.7 Å². The topological polar surface area (TPSA) is 85.3 Å². The summed E-state index contributed by atoms with van der Waals surface area (Å²) < 4.78 is 16.3. The van der Waals surface area contributed by atoms with E-state index in [1.54, 1.807) is 12.1 Å². The van der Waals surface area contributed by atoms with Crippen LogP contribution in [0.2, 0.25) is 0 Å². The summed E-state index contributed by atoms with van der Waals surface area (Å²) in [5.41, 5.74) is 0.612. The summed E-state index contributed by atoms with van der Waals surface area (Å²) in [6.07, 6.45) is 1.44. The van der Waals surface area contributed by atoms with Gasteiger partial charge in [-0.25, -0.2) is 0 Å². The number of aliphatic hydroxyl groups excluding tert-OH is 1. The molecular formula is C20H23NO6. The minimum absolute atomic E-state index is 0.0234. The number of carbonyl (C=O) groups excluding carboxylic acids is 2. The molecule has 0 radical (unpaired) electrons. The van der Waals surface area contributed by atoms with Crippen LogP contribution in [-0.2, 0) is 14.9 Å². The molecule has 4 rings (SSSR count). The SMILES string of the molecule is COC1=CC2[C@@H]3C(=O)c4ccc(OC)c(OC(C)=O)c4[C@@]2(C[C@H]1O)CN3C. The molecule has 1 aliphatic heterocycles. The van der Waals surface area contributed by atoms with Gasteiger partial charge in [-0.1, -0.05) is 0 Å². The number of nitrogens with zero attached hydrogens (tertiary/aromatic N) is 1. The highest BCUT2D eigenvalue weighted by molar-refractivity contribution is 6.05. The smallest absolute Gasteiger partial charge is 0.308 e. The average Bonchev–Trinajstić information content (AvgIpc) is 2.85. The summed E-state index contributed by atoms with van der Waals surface area (Å²) in [7, 11) is 4.92. The highest BCUT2D eigenvalue weighted by atomic mass is 16.6. The van der Waals surface area contributed by atoms with Gasteiger partial charge in [-0.15, -0.1) is 0 Å². The van der Waals surface area contributed by atoms with E-state index in [-0.39, 0.29) is 23.5 Å². The second kappa shape index (κ2) is 6.07. The Hall–Kier alpha value is -2.38. The fourth-order valence-electron chi connectivity index (χ4n) is 5.15. The number of rotatable bonds is 3. The number of benzene rings is 1. The first kappa shape index (κ1) is 18.0. The molecule has 0 saturated carbocycles. The van der Waals surface area contributed by atoms with Crippen LogP contribution in [0.1, 0.15) is 29.3 Å². The zero-order valence-electron chi connectivity index (χ0n) is 15.8. The Morgan fingerprint density at radius 2 is 2.04 bits per heavy atom. The Labute approximate surface area is 157 Å². The number of fused-ring (bicyclic) bond motifs is 1. The number of esters is 1. The molecule has 27 heavy (non-hydrogen) atoms. The van der Waals surface area contributed by atoms with Crippen LogP contribution in [0.25, 0.3) is 0 Å². The number of ether oxygens (including phenoxy) is 3. The molecule has 1 unspecified atom stereocenters. The van der Waals surface area contributed by atoms with Crippen LogP contribution >= 0.6 is 0 Å². The van der Waals surface area contributed by atoms with Crippen molar-refractivity contribution in [3.8, 4) is 11.5 Å². The van der Waals surface area contributed by atoms with E-state index >= 15 is 0 Å². The van der Waals surface area contributed by atoms with Gasteiger partial charge in [0.25, 0.3) is 0 Å². The van der Waals surface area contributed by atoms with E-state index in [4.69, 9.17) is 14.2 Å². The van der Waals surface area contributed by atoms with Crippen molar-refractivity contribution in [3.05, 3.63) is 35.1 Å². The molecule has 1 heterocycles. The lowest BCUT2D eigenvalue weighted by Crippen LogP contribution is -2.49. The Morgan fingerprint density at radius 1 is 1.30 bits per heavy atom. The number of carbonyl (C=O) groups is 2. The molecule has 1 fully saturated rings. The molecule has 0 spiro atoms. The minimum Gasteiger partial charge on any atom is -0.499 e. The number of Topliss-reactive ketones (excluding diaryl/α,β-unsaturated/α-hetero) is 1. The number of ketones is 1. The molecule has 0 amide bonds. The summed E-state index contributed by atoms with van der Waals surface area (Å²) in [4.78, 5) is 27.1. The lowest BCUT2D eigenvalue weighted by Gasteiger charge is -2.44. The van der Waals surface area contributed by atoms with Crippen LogP contribution in [0.15, 0.2) is 24.0 Å². The van der Waals surface area contributed by atoms with Crippen LogP contribution < -0.4 is 9.47 Å². The van der Waals surface area contributed by atoms with Gasteiger partial charge in [0.1, 0.15) is 11.9 Å². The number of hydrogen-bond donors (Lipinski definition) is 1. The van der Waals surface area contributed by atoms with E-state index in [9.17, 15) is 14.7 Å². The molecule has 1 aromatic carbocycles. The standard InChI is InChI=1S/C20H23NO6/c1-10(22)27-19-14(25-3)6-5-11-16(19)20-8-13(23)15(26-4)7-12(20)17(18(11)24)21(2)9-20/h5-7,12-13,17,23H,8-9H2,1-4H3/t12?,13-,17-,20+/m1/s1. The fourth-order valence-corrected chi connectivity index (χ4v) is 5.15. The van der Waals surface area contributed by atoms with E-state index in [1.807, 2.05) is 18.0 Å². The minimum atomic E-state index is -0.796. The zero-order valence-corrected chi connectivity index (χ0v) is 15.8. The van der Waals surface area contributed by atoms with Gasteiger partial charge in [0.2, 0.25) is 0 Å². The number of likely N-dealkylation sites (N-methyl/N-ethyl adjacent to an activating group) is 1. The van der Waals surface area contributed by atoms with Crippen molar-refractivity contribution in [1.29, 1.82) is 0 Å². The maximum Gasteiger partial charge on any atom is 0.308 e. The van der Waals surface area contributed by atoms with Gasteiger partial charge in [-0.3, -0.25) is 14.5 Å². The Balaban J connectivity index is 2.02. The molecule has 4 atom stereocenters. The number of methoxy groups -OCH3 is 2. The van der Waals surface area contributed by atoms with E-state index in [1.165, 1.54) is 21.1 Å². The summed E-state index contributed by atoms with van der Waals surface area (Å²) in [6.45, 7) is 1.88. The van der Waals surface area contributed by atoms with Crippen LogP contribution in [0.3, 0.4) is 0 Å². The molecule has 7 nitrogen and oxygen atoms in total. The van der Waals surface area contributed by atoms with Crippen molar-refractivity contribution in [2.75, 3.05) is 27.8 Å². The fraction of sp³-hybridized carbons (Fsp3) is 0.500. The molecule has 1 N–H and O–H groups in total. The van der Waals surface area contributed by atoms with Crippen molar-refractivity contribution in [2.24, 2.45) is 5.92 Å². The van der Waals surface area contributed by atoms with Crippen LogP contribution in [0.5, 0.6) is 11.5 Å². The summed E-state index contributed by atoms with van der Waals surface area (Å²) in [5.74, 6) is 0.459. The van der Waals surface area contributed by atoms with Gasteiger partial charge < -0.3 is 19.3 Å². The van der Waals surface area contributed by atoms with Crippen molar-refractivity contribution < 1.29 is 28.9 Å². The quantitative estimate of drug-likeness (QED) is 0.631. The van der Waals surface area contributed by atoms with E-state index < -0.39 is 17.5 Å². The monoisotopic (exact) mass is 373 g/mol. The summed E-state index contributed by atoms with van der Waals surface area (Å²) in [6, 6.07) is 3.05. The first-order chi connectivity index (χ1) is 12.8. The molecule has 0 aromatic heterocycles. The molecular weight excluding hydrogens is 350 g/mol. The predicted octanol–water partition coefficient (Wildman–Crippen LogP) is 1.28. The first-order valence-corrected chi connectivity index (χ1v) is 8.92. The molecule has 3 aliphatic rings. The van der Waals surface area contributed by atoms with Gasteiger partial charge >= 0.3 is 5.97 Å². The molecule has 7 heteroatoms. The maximum absolute atomic E-state index is 13.3. The van der Waals surface area contributed by atoms with Gasteiger partial charge in [0.05, 0.1) is 20.3 Å². The van der Waals surface area contributed by atoms with E-state index in [0.717, 1.165) is 0 Å². The van der Waals surface area contributed by atoms with Gasteiger partial charge in [-0.2, -0.15) is 0 Å². The lowest BCUT2D eigenvalue weighted by molar-refractivity contribution is -0.132. The van der Waals surface area contributed by atoms with E-state index in [0.29, 0.717) is 35.6 Å². The average molecular weight is 373 g/mol. The van der Waals surface area contributed by atoms with Crippen molar-refractivity contribution >= 4 is 11.8 Å². The van der Waals surface area contributed by atoms with Crippen molar-refractivity contribution in [1.82, 2.24) is 4.90 Å². The molecule has 1 saturated heterocycles. The third-order valence-electron chi connectivity index (χ3n) is 6.07. The van der Waals surface area contributed by atoms with Gasteiger partial charge in [-0.05, 0) is 31.7 Å². The lowest BCUT2D eigenvalue weighted by atomic mass is 9.59. The number of likely N-dealkylation sites (tertiary alicyclic amines) is 1. The third-order valence-corrected chi connectivity index (χ3v) is 6.07. The number of hydrogen-bond acceptors (Lipinski definition) is 7. The van der Waals surface area contributed by atoms with Gasteiger partial charge in [0, 0.05) is 35.9 Å². The first-order valence-electron chi connectivity index (χ1n) is 8.92. The third kappa shape index (κ3) is 2.34. The highest BCUT2D eigenvalue weighted by Crippen LogP contribution is 2.58. The Kier molecular flexibility index (Phi) is 4.05. The normalized spacial score (nSPS) is 31.7. The maximum atomic E-state index is 13.3. The van der Waals surface area contributed by atoms with Crippen LogP contribution in [0.4, 0.5) is 0 Å². The molecule has 2 aliphatic carbocycles. The van der Waals surface area contributed by atoms with E-state index in [2.05, 4.69) is 0 Å². The predicted molar refractivity (Wildman–Crippen MR) is 95.9 cm³/mol.